The van der Waals surface area contributed by atoms with Crippen LogP contribution >= 0.6 is 11.3 Å². The smallest absolute Gasteiger partial charge is 0.0897 e. The molecule has 3 heteroatoms. The average molecular weight is 222 g/mol. The van der Waals surface area contributed by atoms with Crippen molar-refractivity contribution >= 4 is 11.3 Å². The third-order valence-electron chi connectivity index (χ3n) is 2.73. The van der Waals surface area contributed by atoms with Crippen LogP contribution in [0.25, 0.3) is 0 Å². The lowest BCUT2D eigenvalue weighted by atomic mass is 10.2. The zero-order chi connectivity index (χ0) is 10.5. The number of nitrogens with one attached hydrogen (secondary N) is 1. The highest BCUT2D eigenvalue weighted by molar-refractivity contribution is 7.11. The first kappa shape index (κ1) is 10.8. The second-order valence-corrected chi connectivity index (χ2v) is 5.35. The Morgan fingerprint density at radius 1 is 1.53 bits per heavy atom. The fourth-order valence-electron chi connectivity index (χ4n) is 1.91. The van der Waals surface area contributed by atoms with Crippen molar-refractivity contribution in [2.75, 3.05) is 6.54 Å². The molecule has 0 saturated carbocycles. The van der Waals surface area contributed by atoms with E-state index >= 15 is 0 Å². The molecule has 0 unspecified atom stereocenters. The summed E-state index contributed by atoms with van der Waals surface area (Å²) in [4.78, 5) is 5.58. The summed E-state index contributed by atoms with van der Waals surface area (Å²) in [6.07, 6.45) is 9.58. The van der Waals surface area contributed by atoms with Crippen LogP contribution in [0.5, 0.6) is 0 Å². The average Bonchev–Trinajstić information content (AvgIpc) is 2.84. The normalized spacial score (nSPS) is 15.7. The Bertz CT molecular complexity index is 341. The Morgan fingerprint density at radius 2 is 2.47 bits per heavy atom. The summed E-state index contributed by atoms with van der Waals surface area (Å²) in [5, 5.41) is 4.63. The van der Waals surface area contributed by atoms with E-state index in [1.165, 1.54) is 30.6 Å². The van der Waals surface area contributed by atoms with Gasteiger partial charge in [0.1, 0.15) is 0 Å². The quantitative estimate of drug-likeness (QED) is 0.612. The van der Waals surface area contributed by atoms with Crippen LogP contribution in [-0.2, 0) is 6.54 Å². The molecular weight excluding hydrogens is 204 g/mol. The van der Waals surface area contributed by atoms with Crippen molar-refractivity contribution in [3.63, 3.8) is 0 Å². The summed E-state index contributed by atoms with van der Waals surface area (Å²) in [5.74, 6) is 0. The van der Waals surface area contributed by atoms with Crippen LogP contribution in [0.1, 0.15) is 35.6 Å². The predicted octanol–water partition coefficient (Wildman–Crippen LogP) is 3.04. The number of aryl methyl sites for hydroxylation is 1. The Balaban J connectivity index is 1.62. The van der Waals surface area contributed by atoms with Crippen LogP contribution < -0.4 is 5.32 Å². The second-order valence-electron chi connectivity index (χ2n) is 4.03. The Labute approximate surface area is 95.4 Å². The molecule has 1 aliphatic rings. The lowest BCUT2D eigenvalue weighted by Crippen LogP contribution is -2.14. The molecule has 1 aliphatic carbocycles. The van der Waals surface area contributed by atoms with Gasteiger partial charge in [-0.15, -0.1) is 11.3 Å². The molecule has 82 valence electrons. The molecule has 0 spiro atoms. The monoisotopic (exact) mass is 222 g/mol. The third-order valence-corrected chi connectivity index (χ3v) is 3.64. The molecule has 0 fully saturated rings. The van der Waals surface area contributed by atoms with E-state index in [-0.39, 0.29) is 0 Å². The number of rotatable bonds is 5. The first-order valence-corrected chi connectivity index (χ1v) is 6.46. The van der Waals surface area contributed by atoms with Crippen LogP contribution in [0.4, 0.5) is 0 Å². The SMILES string of the molecule is Cc1ncc(CNCCC2=CCCC2)s1. The maximum atomic E-state index is 4.24. The molecule has 0 aromatic carbocycles. The Morgan fingerprint density at radius 3 is 3.13 bits per heavy atom. The van der Waals surface area contributed by atoms with Crippen molar-refractivity contribution in [3.8, 4) is 0 Å². The highest BCUT2D eigenvalue weighted by Crippen LogP contribution is 2.19. The van der Waals surface area contributed by atoms with Gasteiger partial charge in [-0.05, 0) is 39.2 Å². The summed E-state index contributed by atoms with van der Waals surface area (Å²) >= 11 is 1.78. The molecular formula is C12H18N2S. The van der Waals surface area contributed by atoms with E-state index in [9.17, 15) is 0 Å². The molecule has 0 saturated heterocycles. The molecule has 1 heterocycles. The van der Waals surface area contributed by atoms with Gasteiger partial charge in [0.25, 0.3) is 0 Å². The molecule has 2 nitrogen and oxygen atoms in total. The molecule has 0 bridgehead atoms. The van der Waals surface area contributed by atoms with E-state index in [4.69, 9.17) is 0 Å². The molecule has 1 aromatic heterocycles. The lowest BCUT2D eigenvalue weighted by Gasteiger charge is -2.03. The van der Waals surface area contributed by atoms with Crippen molar-refractivity contribution in [2.45, 2.75) is 39.2 Å². The molecule has 0 atom stereocenters. The number of aromatic nitrogens is 1. The summed E-state index contributed by atoms with van der Waals surface area (Å²) < 4.78 is 0. The van der Waals surface area contributed by atoms with E-state index in [0.717, 1.165) is 18.1 Å². The van der Waals surface area contributed by atoms with Gasteiger partial charge >= 0.3 is 0 Å². The third kappa shape index (κ3) is 3.43. The van der Waals surface area contributed by atoms with Gasteiger partial charge in [-0.1, -0.05) is 11.6 Å². The van der Waals surface area contributed by atoms with Crippen LogP contribution in [0.3, 0.4) is 0 Å². The van der Waals surface area contributed by atoms with E-state index < -0.39 is 0 Å². The van der Waals surface area contributed by atoms with E-state index in [1.807, 2.05) is 6.20 Å². The van der Waals surface area contributed by atoms with Crippen LogP contribution in [0, 0.1) is 6.92 Å². The largest absolute Gasteiger partial charge is 0.311 e. The summed E-state index contributed by atoms with van der Waals surface area (Å²) in [5.41, 5.74) is 1.64. The maximum absolute atomic E-state index is 4.24. The maximum Gasteiger partial charge on any atom is 0.0897 e. The zero-order valence-electron chi connectivity index (χ0n) is 9.25. The standard InChI is InChI=1S/C12H18N2S/c1-10-14-9-12(15-10)8-13-7-6-11-4-2-3-5-11/h4,9,13H,2-3,5-8H2,1H3. The van der Waals surface area contributed by atoms with Crippen molar-refractivity contribution in [1.82, 2.24) is 10.3 Å². The van der Waals surface area contributed by atoms with Gasteiger partial charge in [0.05, 0.1) is 5.01 Å². The first-order chi connectivity index (χ1) is 7.34. The van der Waals surface area contributed by atoms with Gasteiger partial charge in [-0.3, -0.25) is 0 Å². The highest BCUT2D eigenvalue weighted by atomic mass is 32.1. The minimum Gasteiger partial charge on any atom is -0.311 e. The topological polar surface area (TPSA) is 24.9 Å². The van der Waals surface area contributed by atoms with Gasteiger partial charge in [-0.2, -0.15) is 0 Å². The lowest BCUT2D eigenvalue weighted by molar-refractivity contribution is 0.681. The van der Waals surface area contributed by atoms with Crippen molar-refractivity contribution < 1.29 is 0 Å². The van der Waals surface area contributed by atoms with Gasteiger partial charge < -0.3 is 5.32 Å². The summed E-state index contributed by atoms with van der Waals surface area (Å²) in [7, 11) is 0. The molecule has 0 radical (unpaired) electrons. The first-order valence-electron chi connectivity index (χ1n) is 5.64. The number of hydrogen-bond donors (Lipinski definition) is 1. The number of allylic oxidation sites excluding steroid dienone is 1. The van der Waals surface area contributed by atoms with E-state index in [1.54, 1.807) is 16.9 Å². The van der Waals surface area contributed by atoms with E-state index in [0.29, 0.717) is 0 Å². The van der Waals surface area contributed by atoms with Gasteiger partial charge in [0.15, 0.2) is 0 Å². The zero-order valence-corrected chi connectivity index (χ0v) is 10.1. The van der Waals surface area contributed by atoms with Crippen LogP contribution in [-0.4, -0.2) is 11.5 Å². The number of thiazole rings is 1. The van der Waals surface area contributed by atoms with Crippen LogP contribution in [0.15, 0.2) is 17.8 Å². The molecule has 2 rings (SSSR count). The Hall–Kier alpha value is -0.670. The van der Waals surface area contributed by atoms with E-state index in [2.05, 4.69) is 23.3 Å². The predicted molar refractivity (Wildman–Crippen MR) is 65.1 cm³/mol. The van der Waals surface area contributed by atoms with Crippen molar-refractivity contribution in [2.24, 2.45) is 0 Å². The minimum atomic E-state index is 0.971. The van der Waals surface area contributed by atoms with Crippen LogP contribution in [0.2, 0.25) is 0 Å². The fourth-order valence-corrected chi connectivity index (χ4v) is 2.68. The number of hydrogen-bond acceptors (Lipinski definition) is 3. The molecule has 0 aliphatic heterocycles. The molecule has 15 heavy (non-hydrogen) atoms. The summed E-state index contributed by atoms with van der Waals surface area (Å²) in [6.45, 7) is 4.12. The second kappa shape index (κ2) is 5.42. The van der Waals surface area contributed by atoms with Gasteiger partial charge in [-0.25, -0.2) is 4.98 Å². The fraction of sp³-hybridized carbons (Fsp3) is 0.583. The van der Waals surface area contributed by atoms with Gasteiger partial charge in [0, 0.05) is 17.6 Å². The molecule has 1 N–H and O–H groups in total. The highest BCUT2D eigenvalue weighted by Gasteiger charge is 2.03. The minimum absolute atomic E-state index is 0.971. The Kier molecular flexibility index (Phi) is 3.92. The van der Waals surface area contributed by atoms with Crippen molar-refractivity contribution in [3.05, 3.63) is 27.7 Å². The van der Waals surface area contributed by atoms with Crippen molar-refractivity contribution in [1.29, 1.82) is 0 Å². The van der Waals surface area contributed by atoms with Gasteiger partial charge in [0.2, 0.25) is 0 Å². The number of nitrogens with zero attached hydrogens (tertiary/aromatic N) is 1. The molecule has 1 aromatic rings. The molecule has 0 amide bonds. The summed E-state index contributed by atoms with van der Waals surface area (Å²) in [6, 6.07) is 0.